The number of rotatable bonds is 9. The fourth-order valence-corrected chi connectivity index (χ4v) is 5.70. The lowest BCUT2D eigenvalue weighted by molar-refractivity contribution is -0.116. The number of amides is 1. The fourth-order valence-electron chi connectivity index (χ4n) is 3.97. The van der Waals surface area contributed by atoms with Crippen molar-refractivity contribution in [2.24, 2.45) is 0 Å². The normalized spacial score (nSPS) is 17.1. The Hall–Kier alpha value is -2.84. The van der Waals surface area contributed by atoms with Gasteiger partial charge in [-0.1, -0.05) is 30.2 Å². The summed E-state index contributed by atoms with van der Waals surface area (Å²) in [6, 6.07) is 12.2. The van der Waals surface area contributed by atoms with Crippen LogP contribution >= 0.6 is 0 Å². The van der Waals surface area contributed by atoms with Crippen LogP contribution in [0.25, 0.3) is 6.08 Å². The summed E-state index contributed by atoms with van der Waals surface area (Å²) < 4.78 is 38.4. The van der Waals surface area contributed by atoms with E-state index in [0.29, 0.717) is 35.9 Å². The molecule has 2 aromatic rings. The van der Waals surface area contributed by atoms with Gasteiger partial charge in [-0.3, -0.25) is 4.79 Å². The molecule has 3 rings (SSSR count). The quantitative estimate of drug-likeness (QED) is 0.562. The van der Waals surface area contributed by atoms with Crippen LogP contribution in [0.5, 0.6) is 11.5 Å². The second-order valence-electron chi connectivity index (χ2n) is 8.11. The van der Waals surface area contributed by atoms with E-state index in [1.54, 1.807) is 48.9 Å². The highest BCUT2D eigenvalue weighted by molar-refractivity contribution is 7.89. The van der Waals surface area contributed by atoms with Gasteiger partial charge in [-0.25, -0.2) is 8.42 Å². The second kappa shape index (κ2) is 11.3. The minimum atomic E-state index is -3.55. The van der Waals surface area contributed by atoms with Gasteiger partial charge in [-0.2, -0.15) is 4.31 Å². The molecule has 1 aliphatic heterocycles. The van der Waals surface area contributed by atoms with Gasteiger partial charge in [0, 0.05) is 25.2 Å². The molecule has 0 aliphatic carbocycles. The largest absolute Gasteiger partial charge is 0.493 e. The third-order valence-corrected chi connectivity index (χ3v) is 7.78. The molecule has 1 aliphatic rings. The summed E-state index contributed by atoms with van der Waals surface area (Å²) in [5, 5.41) is 2.87. The molecule has 0 bridgehead atoms. The van der Waals surface area contributed by atoms with Crippen molar-refractivity contribution >= 4 is 22.0 Å². The standard InChI is InChI=1S/C25H32N2O5S/c1-19-7-11-22(12-8-19)33(29,30)27-17-5-4-6-21(27)15-16-26-25(28)14-10-20-9-13-23(31-2)24(18-20)32-3/h7-14,18,21H,4-6,15-17H2,1-3H3,(H,26,28)/b14-10+. The molecule has 1 atom stereocenters. The number of sulfonamides is 1. The molecule has 1 saturated heterocycles. The predicted octanol–water partition coefficient (Wildman–Crippen LogP) is 3.78. The Labute approximate surface area is 196 Å². The third-order valence-electron chi connectivity index (χ3n) is 5.81. The third kappa shape index (κ3) is 6.36. The zero-order valence-electron chi connectivity index (χ0n) is 19.4. The molecule has 1 N–H and O–H groups in total. The van der Waals surface area contributed by atoms with E-state index in [0.717, 1.165) is 30.4 Å². The van der Waals surface area contributed by atoms with Crippen LogP contribution in [-0.4, -0.2) is 52.0 Å². The number of hydrogen-bond donors (Lipinski definition) is 1. The maximum atomic E-state index is 13.2. The second-order valence-corrected chi connectivity index (χ2v) is 10.00. The number of benzene rings is 2. The molecule has 1 heterocycles. The molecule has 2 aromatic carbocycles. The Bertz CT molecular complexity index is 1080. The van der Waals surface area contributed by atoms with Crippen LogP contribution in [0.2, 0.25) is 0 Å². The van der Waals surface area contributed by atoms with Crippen molar-refractivity contribution in [3.8, 4) is 11.5 Å². The first-order chi connectivity index (χ1) is 15.8. The van der Waals surface area contributed by atoms with Gasteiger partial charge in [0.2, 0.25) is 15.9 Å². The summed E-state index contributed by atoms with van der Waals surface area (Å²) in [4.78, 5) is 12.6. The molecule has 7 nitrogen and oxygen atoms in total. The Morgan fingerprint density at radius 3 is 2.52 bits per heavy atom. The first-order valence-corrected chi connectivity index (χ1v) is 12.6. The van der Waals surface area contributed by atoms with Crippen molar-refractivity contribution < 1.29 is 22.7 Å². The zero-order chi connectivity index (χ0) is 23.8. The van der Waals surface area contributed by atoms with E-state index in [1.165, 1.54) is 6.08 Å². The Morgan fingerprint density at radius 1 is 1.09 bits per heavy atom. The minimum absolute atomic E-state index is 0.125. The SMILES string of the molecule is COc1ccc(/C=C/C(=O)NCCC2CCCCN2S(=O)(=O)c2ccc(C)cc2)cc1OC. The van der Waals surface area contributed by atoms with Gasteiger partial charge in [0.05, 0.1) is 19.1 Å². The predicted molar refractivity (Wildman–Crippen MR) is 129 cm³/mol. The highest BCUT2D eigenvalue weighted by atomic mass is 32.2. The number of nitrogens with one attached hydrogen (secondary N) is 1. The van der Waals surface area contributed by atoms with Gasteiger partial charge in [0.15, 0.2) is 11.5 Å². The lowest BCUT2D eigenvalue weighted by Gasteiger charge is -2.34. The zero-order valence-corrected chi connectivity index (χ0v) is 20.2. The summed E-state index contributed by atoms with van der Waals surface area (Å²) in [5.41, 5.74) is 1.83. The fraction of sp³-hybridized carbons (Fsp3) is 0.400. The molecule has 1 unspecified atom stereocenters. The monoisotopic (exact) mass is 472 g/mol. The van der Waals surface area contributed by atoms with E-state index in [2.05, 4.69) is 5.32 Å². The van der Waals surface area contributed by atoms with E-state index < -0.39 is 10.0 Å². The summed E-state index contributed by atoms with van der Waals surface area (Å²) in [6.07, 6.45) is 6.36. The lowest BCUT2D eigenvalue weighted by atomic mass is 10.0. The Balaban J connectivity index is 1.57. The van der Waals surface area contributed by atoms with Crippen molar-refractivity contribution in [2.45, 2.75) is 43.5 Å². The van der Waals surface area contributed by atoms with Crippen molar-refractivity contribution in [2.75, 3.05) is 27.3 Å². The molecule has 1 fully saturated rings. The molecule has 0 aromatic heterocycles. The molecule has 8 heteroatoms. The number of carbonyl (C=O) groups is 1. The molecular formula is C25H32N2O5S. The molecule has 178 valence electrons. The molecule has 0 saturated carbocycles. The van der Waals surface area contributed by atoms with Gasteiger partial charge >= 0.3 is 0 Å². The van der Waals surface area contributed by atoms with Gasteiger partial charge < -0.3 is 14.8 Å². The van der Waals surface area contributed by atoms with E-state index in [9.17, 15) is 13.2 Å². The lowest BCUT2D eigenvalue weighted by Crippen LogP contribution is -2.45. The van der Waals surface area contributed by atoms with Crippen LogP contribution in [0.4, 0.5) is 0 Å². The maximum Gasteiger partial charge on any atom is 0.243 e. The van der Waals surface area contributed by atoms with Crippen molar-refractivity contribution in [1.29, 1.82) is 0 Å². The van der Waals surface area contributed by atoms with Gasteiger partial charge in [0.1, 0.15) is 0 Å². The number of hydrogen-bond acceptors (Lipinski definition) is 5. The molecule has 0 spiro atoms. The van der Waals surface area contributed by atoms with Gasteiger partial charge in [-0.05, 0) is 62.1 Å². The molecule has 1 amide bonds. The van der Waals surface area contributed by atoms with Crippen LogP contribution in [0, 0.1) is 6.92 Å². The van der Waals surface area contributed by atoms with Gasteiger partial charge in [0.25, 0.3) is 0 Å². The van der Waals surface area contributed by atoms with Crippen molar-refractivity contribution in [1.82, 2.24) is 9.62 Å². The average Bonchev–Trinajstić information content (AvgIpc) is 2.83. The van der Waals surface area contributed by atoms with E-state index in [-0.39, 0.29) is 11.9 Å². The average molecular weight is 473 g/mol. The minimum Gasteiger partial charge on any atom is -0.493 e. The number of nitrogens with zero attached hydrogens (tertiary/aromatic N) is 1. The first-order valence-electron chi connectivity index (χ1n) is 11.1. The van der Waals surface area contributed by atoms with E-state index in [1.807, 2.05) is 25.1 Å². The molecule has 33 heavy (non-hydrogen) atoms. The van der Waals surface area contributed by atoms with Crippen LogP contribution < -0.4 is 14.8 Å². The number of aryl methyl sites for hydroxylation is 1. The van der Waals surface area contributed by atoms with Crippen LogP contribution in [0.3, 0.4) is 0 Å². The summed E-state index contributed by atoms with van der Waals surface area (Å²) in [5.74, 6) is 0.984. The number of carbonyl (C=O) groups excluding carboxylic acids is 1. The van der Waals surface area contributed by atoms with Crippen molar-refractivity contribution in [3.05, 3.63) is 59.7 Å². The first kappa shape index (κ1) is 24.8. The van der Waals surface area contributed by atoms with Crippen LogP contribution in [-0.2, 0) is 14.8 Å². The highest BCUT2D eigenvalue weighted by Gasteiger charge is 2.33. The van der Waals surface area contributed by atoms with Crippen molar-refractivity contribution in [3.63, 3.8) is 0 Å². The van der Waals surface area contributed by atoms with Gasteiger partial charge in [-0.15, -0.1) is 0 Å². The van der Waals surface area contributed by atoms with E-state index >= 15 is 0 Å². The summed E-state index contributed by atoms with van der Waals surface area (Å²) in [7, 11) is -0.422. The summed E-state index contributed by atoms with van der Waals surface area (Å²) >= 11 is 0. The molecule has 0 radical (unpaired) electrons. The highest BCUT2D eigenvalue weighted by Crippen LogP contribution is 2.28. The van der Waals surface area contributed by atoms with E-state index in [4.69, 9.17) is 9.47 Å². The number of ether oxygens (including phenoxy) is 2. The topological polar surface area (TPSA) is 84.9 Å². The maximum absolute atomic E-state index is 13.2. The smallest absolute Gasteiger partial charge is 0.243 e. The Morgan fingerprint density at radius 2 is 1.82 bits per heavy atom. The van der Waals surface area contributed by atoms with Crippen LogP contribution in [0.15, 0.2) is 53.4 Å². The number of piperidine rings is 1. The number of methoxy groups -OCH3 is 2. The van der Waals surface area contributed by atoms with Crippen LogP contribution in [0.1, 0.15) is 36.8 Å². The Kier molecular flexibility index (Phi) is 8.52. The molecular weight excluding hydrogens is 440 g/mol. The summed E-state index contributed by atoms with van der Waals surface area (Å²) in [6.45, 7) is 2.84.